The normalized spacial score (nSPS) is 11.4. The van der Waals surface area contributed by atoms with Crippen molar-refractivity contribution in [1.29, 1.82) is 0 Å². The number of pyridine rings is 1. The van der Waals surface area contributed by atoms with Crippen LogP contribution in [0.25, 0.3) is 0 Å². The lowest BCUT2D eigenvalue weighted by molar-refractivity contribution is 0.397. The molecule has 1 heterocycles. The molecule has 78 valence electrons. The van der Waals surface area contributed by atoms with E-state index in [2.05, 4.69) is 4.98 Å². The molecule has 0 amide bonds. The van der Waals surface area contributed by atoms with Crippen LogP contribution in [0.1, 0.15) is 5.56 Å². The zero-order valence-corrected chi connectivity index (χ0v) is 8.97. The Morgan fingerprint density at radius 2 is 2.29 bits per heavy atom. The molecule has 7 heteroatoms. The molecule has 0 saturated carbocycles. The lowest BCUT2D eigenvalue weighted by Crippen LogP contribution is -2.14. The average molecular weight is 237 g/mol. The van der Waals surface area contributed by atoms with Crippen LogP contribution in [-0.4, -0.2) is 20.5 Å². The first-order valence-electron chi connectivity index (χ1n) is 3.61. The summed E-state index contributed by atoms with van der Waals surface area (Å²) in [7, 11) is -2.16. The topological polar surface area (TPSA) is 82.3 Å². The number of nitrogens with two attached hydrogens (primary N) is 1. The Bertz CT molecular complexity index is 433. The van der Waals surface area contributed by atoms with E-state index in [1.807, 2.05) is 0 Å². The predicted molar refractivity (Wildman–Crippen MR) is 52.6 cm³/mol. The van der Waals surface area contributed by atoms with Crippen molar-refractivity contribution in [3.63, 3.8) is 0 Å². The van der Waals surface area contributed by atoms with Gasteiger partial charge in [-0.15, -0.1) is 0 Å². The molecule has 2 N–H and O–H groups in total. The quantitative estimate of drug-likeness (QED) is 0.830. The molecule has 14 heavy (non-hydrogen) atoms. The summed E-state index contributed by atoms with van der Waals surface area (Å²) in [6, 6.07) is 1.44. The fourth-order valence-electron chi connectivity index (χ4n) is 0.897. The fraction of sp³-hybridized carbons (Fsp3) is 0.286. The molecule has 0 bridgehead atoms. The molecule has 1 aromatic rings. The molecule has 0 radical (unpaired) electrons. The summed E-state index contributed by atoms with van der Waals surface area (Å²) in [5.74, 6) is -0.0295. The second-order valence-electron chi connectivity index (χ2n) is 2.63. The second-order valence-corrected chi connectivity index (χ2v) is 4.65. The van der Waals surface area contributed by atoms with Crippen LogP contribution in [0.15, 0.2) is 12.3 Å². The van der Waals surface area contributed by atoms with Gasteiger partial charge in [0.05, 0.1) is 17.9 Å². The Hall–Kier alpha value is -0.850. The van der Waals surface area contributed by atoms with Gasteiger partial charge in [-0.1, -0.05) is 11.6 Å². The Morgan fingerprint density at radius 1 is 1.64 bits per heavy atom. The van der Waals surface area contributed by atoms with Crippen LogP contribution in [0.4, 0.5) is 0 Å². The van der Waals surface area contributed by atoms with Crippen LogP contribution < -0.4 is 9.88 Å². The summed E-state index contributed by atoms with van der Waals surface area (Å²) < 4.78 is 26.4. The van der Waals surface area contributed by atoms with Crippen molar-refractivity contribution < 1.29 is 13.2 Å². The van der Waals surface area contributed by atoms with Gasteiger partial charge >= 0.3 is 0 Å². The van der Waals surface area contributed by atoms with Crippen molar-refractivity contribution in [2.24, 2.45) is 5.14 Å². The zero-order valence-electron chi connectivity index (χ0n) is 7.40. The molecule has 0 spiro atoms. The number of rotatable bonds is 3. The van der Waals surface area contributed by atoms with Gasteiger partial charge < -0.3 is 4.74 Å². The van der Waals surface area contributed by atoms with Crippen molar-refractivity contribution >= 4 is 21.6 Å². The van der Waals surface area contributed by atoms with Crippen LogP contribution in [0.3, 0.4) is 0 Å². The van der Waals surface area contributed by atoms with E-state index in [1.165, 1.54) is 19.4 Å². The Morgan fingerprint density at radius 3 is 2.79 bits per heavy atom. The van der Waals surface area contributed by atoms with Crippen molar-refractivity contribution in [3.8, 4) is 5.88 Å². The maximum absolute atomic E-state index is 10.8. The third-order valence-corrected chi connectivity index (χ3v) is 2.53. The molecule has 0 unspecified atom stereocenters. The number of ether oxygens (including phenoxy) is 1. The molecule has 0 atom stereocenters. The van der Waals surface area contributed by atoms with Crippen LogP contribution in [0.5, 0.6) is 5.88 Å². The third kappa shape index (κ3) is 3.13. The van der Waals surface area contributed by atoms with Gasteiger partial charge in [0, 0.05) is 12.3 Å². The van der Waals surface area contributed by atoms with Gasteiger partial charge in [0.2, 0.25) is 15.9 Å². The molecule has 1 aromatic heterocycles. The first-order valence-corrected chi connectivity index (χ1v) is 5.70. The molecule has 0 aromatic carbocycles. The van der Waals surface area contributed by atoms with E-state index in [0.717, 1.165) is 0 Å². The minimum atomic E-state index is -3.59. The molecule has 1 rings (SSSR count). The number of hydrogen-bond acceptors (Lipinski definition) is 4. The van der Waals surface area contributed by atoms with E-state index >= 15 is 0 Å². The van der Waals surface area contributed by atoms with Crippen LogP contribution >= 0.6 is 11.6 Å². The SMILES string of the molecule is COc1cc(CS(N)(=O)=O)c(Cl)cn1. The summed E-state index contributed by atoms with van der Waals surface area (Å²) in [5, 5.41) is 5.13. The summed E-state index contributed by atoms with van der Waals surface area (Å²) >= 11 is 5.72. The molecule has 0 saturated heterocycles. The van der Waals surface area contributed by atoms with Crippen LogP contribution in [0, 0.1) is 0 Å². The average Bonchev–Trinajstić information content (AvgIpc) is 2.06. The van der Waals surface area contributed by atoms with E-state index in [0.29, 0.717) is 11.4 Å². The molecule has 0 aliphatic heterocycles. The molecular weight excluding hydrogens is 228 g/mol. The monoisotopic (exact) mass is 236 g/mol. The maximum Gasteiger partial charge on any atom is 0.213 e. The Balaban J connectivity index is 3.07. The van der Waals surface area contributed by atoms with Crippen molar-refractivity contribution in [2.45, 2.75) is 5.75 Å². The van der Waals surface area contributed by atoms with Gasteiger partial charge in [0.15, 0.2) is 0 Å². The number of nitrogens with zero attached hydrogens (tertiary/aromatic N) is 1. The van der Waals surface area contributed by atoms with Crippen LogP contribution in [0.2, 0.25) is 5.02 Å². The minimum absolute atomic E-state index is 0.250. The van der Waals surface area contributed by atoms with Gasteiger partial charge in [-0.2, -0.15) is 0 Å². The number of halogens is 1. The Labute approximate surface area is 86.9 Å². The third-order valence-electron chi connectivity index (χ3n) is 1.48. The zero-order chi connectivity index (χ0) is 10.8. The van der Waals surface area contributed by atoms with Gasteiger partial charge in [-0.25, -0.2) is 18.5 Å². The number of hydrogen-bond donors (Lipinski definition) is 1. The largest absolute Gasteiger partial charge is 0.481 e. The van der Waals surface area contributed by atoms with E-state index in [-0.39, 0.29) is 10.8 Å². The van der Waals surface area contributed by atoms with Crippen molar-refractivity contribution in [2.75, 3.05) is 7.11 Å². The standard InChI is InChI=1S/C7H9ClN2O3S/c1-13-7-2-5(4-14(9,11)12)6(8)3-10-7/h2-3H,4H2,1H3,(H2,9,11,12). The van der Waals surface area contributed by atoms with Gasteiger partial charge in [0.25, 0.3) is 0 Å². The van der Waals surface area contributed by atoms with E-state index < -0.39 is 10.0 Å². The fourth-order valence-corrected chi connectivity index (χ4v) is 1.82. The maximum atomic E-state index is 10.8. The van der Waals surface area contributed by atoms with E-state index in [9.17, 15) is 8.42 Å². The highest BCUT2D eigenvalue weighted by Crippen LogP contribution is 2.20. The lowest BCUT2D eigenvalue weighted by atomic mass is 10.3. The molecular formula is C7H9ClN2O3S. The number of sulfonamides is 1. The summed E-state index contributed by atoms with van der Waals surface area (Å²) in [6.07, 6.45) is 1.32. The second kappa shape index (κ2) is 4.12. The number of methoxy groups -OCH3 is 1. The van der Waals surface area contributed by atoms with Gasteiger partial charge in [-0.3, -0.25) is 0 Å². The smallest absolute Gasteiger partial charge is 0.213 e. The highest BCUT2D eigenvalue weighted by Gasteiger charge is 2.10. The molecule has 0 aliphatic rings. The first kappa shape index (κ1) is 11.2. The number of primary sulfonamides is 1. The number of aromatic nitrogens is 1. The summed E-state index contributed by atoms with van der Waals surface area (Å²) in [5.41, 5.74) is 0.376. The van der Waals surface area contributed by atoms with Crippen molar-refractivity contribution in [3.05, 3.63) is 22.8 Å². The lowest BCUT2D eigenvalue weighted by Gasteiger charge is -2.04. The first-order chi connectivity index (χ1) is 6.42. The predicted octanol–water partition coefficient (Wildman–Crippen LogP) is 0.532. The van der Waals surface area contributed by atoms with Gasteiger partial charge in [-0.05, 0) is 5.56 Å². The minimum Gasteiger partial charge on any atom is -0.481 e. The summed E-state index contributed by atoms with van der Waals surface area (Å²) in [6.45, 7) is 0. The molecule has 0 aliphatic carbocycles. The van der Waals surface area contributed by atoms with Crippen LogP contribution in [-0.2, 0) is 15.8 Å². The van der Waals surface area contributed by atoms with Crippen molar-refractivity contribution in [1.82, 2.24) is 4.98 Å². The van der Waals surface area contributed by atoms with Gasteiger partial charge in [0.1, 0.15) is 0 Å². The molecule has 5 nitrogen and oxygen atoms in total. The van der Waals surface area contributed by atoms with E-state index in [1.54, 1.807) is 0 Å². The molecule has 0 fully saturated rings. The Kier molecular flexibility index (Phi) is 3.30. The highest BCUT2D eigenvalue weighted by atomic mass is 35.5. The summed E-state index contributed by atoms with van der Waals surface area (Å²) in [4.78, 5) is 3.80. The highest BCUT2D eigenvalue weighted by molar-refractivity contribution is 7.88. The van der Waals surface area contributed by atoms with E-state index in [4.69, 9.17) is 21.5 Å².